The molecule has 1 aromatic carbocycles. The van der Waals surface area contributed by atoms with Gasteiger partial charge in [-0.2, -0.15) is 0 Å². The van der Waals surface area contributed by atoms with Gasteiger partial charge in [-0.05, 0) is 39.9 Å². The van der Waals surface area contributed by atoms with Gasteiger partial charge in [0.25, 0.3) is 0 Å². The van der Waals surface area contributed by atoms with E-state index in [2.05, 4.69) is 36.7 Å². The first kappa shape index (κ1) is 13.3. The number of benzene rings is 1. The van der Waals surface area contributed by atoms with Crippen molar-refractivity contribution in [2.75, 3.05) is 17.3 Å². The molecule has 90 valence electrons. The number of nitrogens with zero attached hydrogens (tertiary/aromatic N) is 1. The van der Waals surface area contributed by atoms with Gasteiger partial charge in [0.1, 0.15) is 0 Å². The summed E-state index contributed by atoms with van der Waals surface area (Å²) in [6.07, 6.45) is 0. The lowest BCUT2D eigenvalue weighted by Crippen LogP contribution is -2.38. The Labute approximate surface area is 106 Å². The predicted octanol–water partition coefficient (Wildman–Crippen LogP) is 3.07. The van der Waals surface area contributed by atoms with Gasteiger partial charge >= 0.3 is 0 Å². The number of hydrazine groups is 1. The van der Waals surface area contributed by atoms with Crippen LogP contribution >= 0.6 is 15.9 Å². The van der Waals surface area contributed by atoms with Crippen molar-refractivity contribution < 1.29 is 0 Å². The summed E-state index contributed by atoms with van der Waals surface area (Å²) in [6.45, 7) is 9.20. The van der Waals surface area contributed by atoms with E-state index in [0.717, 1.165) is 22.3 Å². The van der Waals surface area contributed by atoms with Crippen LogP contribution in [0, 0.1) is 12.3 Å². The fourth-order valence-corrected chi connectivity index (χ4v) is 1.87. The number of hydrogen-bond acceptors (Lipinski definition) is 3. The van der Waals surface area contributed by atoms with Crippen molar-refractivity contribution in [1.82, 2.24) is 0 Å². The second-order valence-electron chi connectivity index (χ2n) is 5.32. The van der Waals surface area contributed by atoms with Crippen LogP contribution in [0.15, 0.2) is 16.6 Å². The van der Waals surface area contributed by atoms with E-state index in [1.807, 2.05) is 19.1 Å². The SMILES string of the molecule is Cc1ccc(N(N)CC(C)(C)C)c(N)c1Br. The Kier molecular flexibility index (Phi) is 3.86. The van der Waals surface area contributed by atoms with Crippen LogP contribution in [-0.4, -0.2) is 6.54 Å². The Bertz CT molecular complexity index is 383. The summed E-state index contributed by atoms with van der Waals surface area (Å²) in [6, 6.07) is 3.97. The van der Waals surface area contributed by atoms with Gasteiger partial charge in [-0.1, -0.05) is 26.8 Å². The number of nitrogen functional groups attached to an aromatic ring is 1. The fraction of sp³-hybridized carbons (Fsp3) is 0.500. The van der Waals surface area contributed by atoms with Crippen LogP contribution in [0.25, 0.3) is 0 Å². The van der Waals surface area contributed by atoms with Crippen molar-refractivity contribution in [3.05, 3.63) is 22.2 Å². The Morgan fingerprint density at radius 1 is 1.31 bits per heavy atom. The third-order valence-electron chi connectivity index (χ3n) is 2.30. The minimum Gasteiger partial charge on any atom is -0.396 e. The molecular weight excluding hydrogens is 266 g/mol. The number of hydrogen-bond donors (Lipinski definition) is 2. The molecule has 0 aliphatic heterocycles. The van der Waals surface area contributed by atoms with Crippen LogP contribution in [0.4, 0.5) is 11.4 Å². The standard InChI is InChI=1S/C12H20BrN3/c1-8-5-6-9(11(14)10(8)13)16(15)7-12(2,3)4/h5-6H,7,14-15H2,1-4H3. The second kappa shape index (κ2) is 4.63. The number of aryl methyl sites for hydroxylation is 1. The summed E-state index contributed by atoms with van der Waals surface area (Å²) in [5, 5.41) is 1.71. The van der Waals surface area contributed by atoms with E-state index in [4.69, 9.17) is 11.6 Å². The zero-order valence-electron chi connectivity index (χ0n) is 10.3. The first-order chi connectivity index (χ1) is 7.22. The molecular formula is C12H20BrN3. The molecule has 1 rings (SSSR count). The highest BCUT2D eigenvalue weighted by molar-refractivity contribution is 9.10. The highest BCUT2D eigenvalue weighted by Gasteiger charge is 2.17. The summed E-state index contributed by atoms with van der Waals surface area (Å²) < 4.78 is 0.925. The normalized spacial score (nSPS) is 11.6. The van der Waals surface area contributed by atoms with E-state index in [-0.39, 0.29) is 5.41 Å². The van der Waals surface area contributed by atoms with Gasteiger partial charge in [-0.3, -0.25) is 0 Å². The van der Waals surface area contributed by atoms with Crippen LogP contribution in [0.3, 0.4) is 0 Å². The molecule has 4 heteroatoms. The highest BCUT2D eigenvalue weighted by atomic mass is 79.9. The van der Waals surface area contributed by atoms with Crippen molar-refractivity contribution in [2.24, 2.45) is 11.3 Å². The minimum absolute atomic E-state index is 0.137. The maximum absolute atomic E-state index is 6.03. The van der Waals surface area contributed by atoms with Crippen LogP contribution in [0.1, 0.15) is 26.3 Å². The van der Waals surface area contributed by atoms with E-state index in [9.17, 15) is 0 Å². The third-order valence-corrected chi connectivity index (χ3v) is 3.36. The van der Waals surface area contributed by atoms with Crippen molar-refractivity contribution in [3.8, 4) is 0 Å². The van der Waals surface area contributed by atoms with E-state index in [1.165, 1.54) is 0 Å². The summed E-state index contributed by atoms with van der Waals surface area (Å²) >= 11 is 3.47. The maximum atomic E-state index is 6.03. The van der Waals surface area contributed by atoms with E-state index in [1.54, 1.807) is 5.01 Å². The topological polar surface area (TPSA) is 55.3 Å². The third kappa shape index (κ3) is 3.12. The Morgan fingerprint density at radius 2 is 1.88 bits per heavy atom. The van der Waals surface area contributed by atoms with Crippen molar-refractivity contribution in [2.45, 2.75) is 27.7 Å². The van der Waals surface area contributed by atoms with Crippen molar-refractivity contribution in [3.63, 3.8) is 0 Å². The lowest BCUT2D eigenvalue weighted by Gasteiger charge is -2.28. The van der Waals surface area contributed by atoms with E-state index >= 15 is 0 Å². The number of anilines is 2. The Morgan fingerprint density at radius 3 is 2.38 bits per heavy atom. The quantitative estimate of drug-likeness (QED) is 0.499. The van der Waals surface area contributed by atoms with Crippen LogP contribution < -0.4 is 16.6 Å². The van der Waals surface area contributed by atoms with E-state index in [0.29, 0.717) is 5.69 Å². The lowest BCUT2D eigenvalue weighted by molar-refractivity contribution is 0.412. The van der Waals surface area contributed by atoms with Crippen LogP contribution in [0.2, 0.25) is 0 Å². The smallest absolute Gasteiger partial charge is 0.0758 e. The predicted molar refractivity (Wildman–Crippen MR) is 74.3 cm³/mol. The van der Waals surface area contributed by atoms with Gasteiger partial charge < -0.3 is 10.7 Å². The largest absolute Gasteiger partial charge is 0.396 e. The number of rotatable bonds is 2. The molecule has 4 N–H and O–H groups in total. The molecule has 0 unspecified atom stereocenters. The maximum Gasteiger partial charge on any atom is 0.0758 e. The molecule has 0 aromatic heterocycles. The molecule has 1 aromatic rings. The fourth-order valence-electron chi connectivity index (χ4n) is 1.54. The van der Waals surface area contributed by atoms with Crippen molar-refractivity contribution in [1.29, 1.82) is 0 Å². The number of nitrogens with two attached hydrogens (primary N) is 2. The molecule has 0 amide bonds. The molecule has 0 atom stereocenters. The highest BCUT2D eigenvalue weighted by Crippen LogP contribution is 2.33. The molecule has 0 heterocycles. The molecule has 0 aliphatic carbocycles. The van der Waals surface area contributed by atoms with Gasteiger partial charge in [0, 0.05) is 11.0 Å². The first-order valence-electron chi connectivity index (χ1n) is 5.29. The summed E-state index contributed by atoms with van der Waals surface area (Å²) in [4.78, 5) is 0. The van der Waals surface area contributed by atoms with Gasteiger partial charge in [-0.15, -0.1) is 0 Å². The number of halogens is 1. The molecule has 0 saturated carbocycles. The van der Waals surface area contributed by atoms with Crippen molar-refractivity contribution >= 4 is 27.3 Å². The van der Waals surface area contributed by atoms with E-state index < -0.39 is 0 Å². The van der Waals surface area contributed by atoms with Gasteiger partial charge in [0.15, 0.2) is 0 Å². The Balaban J connectivity index is 3.01. The van der Waals surface area contributed by atoms with Crippen LogP contribution in [-0.2, 0) is 0 Å². The zero-order valence-corrected chi connectivity index (χ0v) is 11.9. The molecule has 3 nitrogen and oxygen atoms in total. The monoisotopic (exact) mass is 285 g/mol. The lowest BCUT2D eigenvalue weighted by atomic mass is 9.96. The second-order valence-corrected chi connectivity index (χ2v) is 6.11. The average molecular weight is 286 g/mol. The zero-order chi connectivity index (χ0) is 12.5. The molecule has 0 radical (unpaired) electrons. The average Bonchev–Trinajstić information content (AvgIpc) is 2.11. The molecule has 0 bridgehead atoms. The summed E-state index contributed by atoms with van der Waals surface area (Å²) in [5.41, 5.74) is 8.86. The van der Waals surface area contributed by atoms with Gasteiger partial charge in [0.2, 0.25) is 0 Å². The summed E-state index contributed by atoms with van der Waals surface area (Å²) in [5.74, 6) is 6.03. The molecule has 0 aliphatic rings. The van der Waals surface area contributed by atoms with Gasteiger partial charge in [-0.25, -0.2) is 5.84 Å². The minimum atomic E-state index is 0.137. The Hall–Kier alpha value is -0.740. The molecule has 0 spiro atoms. The molecule has 0 fully saturated rings. The van der Waals surface area contributed by atoms with Gasteiger partial charge in [0.05, 0.1) is 11.4 Å². The summed E-state index contributed by atoms with van der Waals surface area (Å²) in [7, 11) is 0. The first-order valence-corrected chi connectivity index (χ1v) is 6.08. The molecule has 0 saturated heterocycles. The molecule has 16 heavy (non-hydrogen) atoms. The van der Waals surface area contributed by atoms with Crippen LogP contribution in [0.5, 0.6) is 0 Å².